The summed E-state index contributed by atoms with van der Waals surface area (Å²) in [5, 5.41) is 18.3. The van der Waals surface area contributed by atoms with Crippen LogP contribution in [0.15, 0.2) is 36.4 Å². The lowest BCUT2D eigenvalue weighted by Crippen LogP contribution is -2.55. The molecule has 2 aromatic carbocycles. The van der Waals surface area contributed by atoms with E-state index in [0.29, 0.717) is 51.5 Å². The summed E-state index contributed by atoms with van der Waals surface area (Å²) in [5.41, 5.74) is 2.58. The first-order valence-electron chi connectivity index (χ1n) is 14.7. The van der Waals surface area contributed by atoms with E-state index in [1.165, 1.54) is 0 Å². The molecule has 0 unspecified atom stereocenters. The number of fused-ring (bicyclic) bond motifs is 5. The molecule has 2 bridgehead atoms. The molecular formula is C30H38Cl2F3N3O6S. The number of halogens is 5. The summed E-state index contributed by atoms with van der Waals surface area (Å²) >= 11 is 12.4. The summed E-state index contributed by atoms with van der Waals surface area (Å²) in [6, 6.07) is 8.12. The molecule has 2 aromatic rings. The van der Waals surface area contributed by atoms with Gasteiger partial charge in [0, 0.05) is 36.3 Å². The molecule has 2 aliphatic rings. The Kier molecular flexibility index (Phi) is 12.1. The molecule has 250 valence electrons. The number of rotatable bonds is 7. The second-order valence-electron chi connectivity index (χ2n) is 11.4. The highest BCUT2D eigenvalue weighted by molar-refractivity contribution is 7.89. The van der Waals surface area contributed by atoms with Crippen molar-refractivity contribution in [3.8, 4) is 5.75 Å². The van der Waals surface area contributed by atoms with E-state index in [1.807, 2.05) is 18.2 Å². The third-order valence-corrected chi connectivity index (χ3v) is 10.5. The molecule has 0 aromatic heterocycles. The van der Waals surface area contributed by atoms with Crippen LogP contribution in [0.1, 0.15) is 60.9 Å². The van der Waals surface area contributed by atoms with Crippen LogP contribution in [0.25, 0.3) is 0 Å². The fraction of sp³-hybridized carbons (Fsp3) is 0.567. The number of nitrogens with zero attached hydrogens (tertiary/aromatic N) is 1. The molecule has 15 heteroatoms. The van der Waals surface area contributed by atoms with Crippen LogP contribution in [-0.4, -0.2) is 81.2 Å². The Morgan fingerprint density at radius 2 is 1.82 bits per heavy atom. The number of methoxy groups -OCH3 is 1. The van der Waals surface area contributed by atoms with Gasteiger partial charge >= 0.3 is 6.18 Å². The summed E-state index contributed by atoms with van der Waals surface area (Å²) in [6.45, 7) is 0.361. The molecular weight excluding hydrogens is 658 g/mol. The van der Waals surface area contributed by atoms with Gasteiger partial charge in [0.1, 0.15) is 11.8 Å². The number of β-amino-alcohol motifs (C(OH)–C–C–N with tert-alkyl or cyclic N) is 1. The van der Waals surface area contributed by atoms with Crippen LogP contribution in [0.5, 0.6) is 5.75 Å². The largest absolute Gasteiger partial charge is 0.497 e. The number of carbonyl (C=O) groups excluding carboxylic acids is 1. The number of hydrogen-bond acceptors (Lipinski definition) is 7. The van der Waals surface area contributed by atoms with E-state index in [1.54, 1.807) is 25.3 Å². The van der Waals surface area contributed by atoms with Crippen molar-refractivity contribution in [3.63, 3.8) is 0 Å². The smallest absolute Gasteiger partial charge is 0.390 e. The van der Waals surface area contributed by atoms with Crippen LogP contribution in [0.2, 0.25) is 10.0 Å². The van der Waals surface area contributed by atoms with Gasteiger partial charge in [0.05, 0.1) is 37.5 Å². The number of likely N-dealkylation sites (N-methyl/N-ethyl adjacent to an activating group) is 1. The lowest BCUT2D eigenvalue weighted by molar-refractivity contribution is -0.130. The fourth-order valence-electron chi connectivity index (χ4n) is 5.77. The highest BCUT2D eigenvalue weighted by atomic mass is 35.5. The maximum atomic E-state index is 13.7. The Hall–Kier alpha value is -2.13. The number of aliphatic hydroxyl groups excluding tert-OH is 1. The van der Waals surface area contributed by atoms with E-state index in [4.69, 9.17) is 32.7 Å². The predicted molar refractivity (Wildman–Crippen MR) is 165 cm³/mol. The quantitative estimate of drug-likeness (QED) is 0.375. The number of alkyl halides is 3. The number of hydrogen-bond donors (Lipinski definition) is 3. The van der Waals surface area contributed by atoms with Crippen LogP contribution in [-0.2, 0) is 26.0 Å². The number of sulfonamides is 1. The van der Waals surface area contributed by atoms with Gasteiger partial charge in [-0.1, -0.05) is 29.3 Å². The van der Waals surface area contributed by atoms with Crippen LogP contribution in [0.3, 0.4) is 0 Å². The van der Waals surface area contributed by atoms with Gasteiger partial charge < -0.3 is 25.2 Å². The van der Waals surface area contributed by atoms with Gasteiger partial charge in [0.15, 0.2) is 0 Å². The van der Waals surface area contributed by atoms with Crippen LogP contribution >= 0.6 is 23.2 Å². The van der Waals surface area contributed by atoms with Crippen molar-refractivity contribution in [1.82, 2.24) is 14.9 Å². The highest BCUT2D eigenvalue weighted by Gasteiger charge is 2.38. The summed E-state index contributed by atoms with van der Waals surface area (Å²) in [4.78, 5) is 13.7. The maximum absolute atomic E-state index is 13.7. The van der Waals surface area contributed by atoms with E-state index in [-0.39, 0.29) is 31.5 Å². The molecule has 9 nitrogen and oxygen atoms in total. The van der Waals surface area contributed by atoms with Crippen molar-refractivity contribution in [2.75, 3.05) is 33.1 Å². The molecule has 1 aliphatic heterocycles. The molecule has 1 saturated heterocycles. The van der Waals surface area contributed by atoms with Gasteiger partial charge in [-0.3, -0.25) is 4.79 Å². The van der Waals surface area contributed by atoms with Crippen LogP contribution < -0.4 is 15.4 Å². The first-order valence-corrected chi connectivity index (χ1v) is 17.0. The number of amides is 1. The molecule has 0 spiro atoms. The number of ether oxygens (including phenoxy) is 2. The van der Waals surface area contributed by atoms with E-state index in [0.717, 1.165) is 18.2 Å². The first-order chi connectivity index (χ1) is 21.2. The first kappa shape index (κ1) is 35.7. The van der Waals surface area contributed by atoms with Gasteiger partial charge in [0.25, 0.3) is 0 Å². The van der Waals surface area contributed by atoms with Crippen molar-refractivity contribution >= 4 is 39.1 Å². The summed E-state index contributed by atoms with van der Waals surface area (Å²) in [5.74, 6) is -1.25. The Morgan fingerprint density at radius 1 is 1.11 bits per heavy atom. The van der Waals surface area contributed by atoms with Crippen LogP contribution in [0.4, 0.5) is 13.2 Å². The topological polar surface area (TPSA) is 117 Å². The van der Waals surface area contributed by atoms with Gasteiger partial charge in [-0.25, -0.2) is 8.42 Å². The van der Waals surface area contributed by atoms with E-state index in [9.17, 15) is 31.5 Å². The summed E-state index contributed by atoms with van der Waals surface area (Å²) in [6.07, 6.45) is -6.08. The molecule has 1 aliphatic carbocycles. The van der Waals surface area contributed by atoms with E-state index in [2.05, 4.69) is 10.6 Å². The van der Waals surface area contributed by atoms with Gasteiger partial charge in [-0.05, 0) is 79.1 Å². The zero-order valence-electron chi connectivity index (χ0n) is 24.9. The molecule has 3 N–H and O–H groups in total. The molecule has 4 rings (SSSR count). The van der Waals surface area contributed by atoms with E-state index < -0.39 is 52.5 Å². The molecule has 1 fully saturated rings. The standard InChI is InChI=1S/C30H38Cl2F3N3O6S/c1-38(45(41,42)10-8-30(33,34)35)26-5-3-4-9-44-28-16-24(23-15-21(43-2)6-7-22(23)28)36-17-27(39)25(37-29(26)40)13-18-11-19(31)14-20(32)12-18/h6-7,11-12,14-15,24-28,36,39H,3-5,8-10,13,16-17H2,1-2H3,(H,37,40)/t24-,25+,26-,27-,28+/m1/s1. The fourth-order valence-corrected chi connectivity index (χ4v) is 7.71. The molecule has 1 heterocycles. The Morgan fingerprint density at radius 3 is 2.49 bits per heavy atom. The lowest BCUT2D eigenvalue weighted by atomic mass is 9.99. The maximum Gasteiger partial charge on any atom is 0.390 e. The van der Waals surface area contributed by atoms with Gasteiger partial charge in [0.2, 0.25) is 15.9 Å². The van der Waals surface area contributed by atoms with Crippen molar-refractivity contribution in [2.24, 2.45) is 0 Å². The van der Waals surface area contributed by atoms with Crippen LogP contribution in [0, 0.1) is 0 Å². The zero-order valence-corrected chi connectivity index (χ0v) is 27.3. The van der Waals surface area contributed by atoms with Crippen molar-refractivity contribution < 1.29 is 41.0 Å². The third kappa shape index (κ3) is 9.69. The molecule has 0 saturated carbocycles. The third-order valence-electron chi connectivity index (χ3n) is 8.22. The minimum atomic E-state index is -4.68. The Labute approximate surface area is 271 Å². The summed E-state index contributed by atoms with van der Waals surface area (Å²) in [7, 11) is -1.77. The number of benzene rings is 2. The highest BCUT2D eigenvalue weighted by Crippen LogP contribution is 2.42. The number of nitrogens with one attached hydrogen (secondary N) is 2. The average Bonchev–Trinajstić information content (AvgIpc) is 3.31. The predicted octanol–water partition coefficient (Wildman–Crippen LogP) is 4.95. The van der Waals surface area contributed by atoms with E-state index >= 15 is 0 Å². The Balaban J connectivity index is 1.64. The van der Waals surface area contributed by atoms with Gasteiger partial charge in [-0.15, -0.1) is 0 Å². The van der Waals surface area contributed by atoms with Crippen molar-refractivity contribution in [1.29, 1.82) is 0 Å². The van der Waals surface area contributed by atoms with Crippen molar-refractivity contribution in [3.05, 3.63) is 63.1 Å². The second-order valence-corrected chi connectivity index (χ2v) is 14.4. The Bertz CT molecular complexity index is 1430. The van der Waals surface area contributed by atoms with Crippen molar-refractivity contribution in [2.45, 2.75) is 75.0 Å². The number of aliphatic hydroxyl groups is 1. The zero-order chi connectivity index (χ0) is 32.9. The number of carbonyl (C=O) groups is 1. The average molecular weight is 697 g/mol. The second kappa shape index (κ2) is 15.2. The van der Waals surface area contributed by atoms with Gasteiger partial charge in [-0.2, -0.15) is 17.5 Å². The summed E-state index contributed by atoms with van der Waals surface area (Å²) < 4.78 is 76.9. The normalized spacial score (nSPS) is 25.3. The minimum absolute atomic E-state index is 0.0298. The molecule has 45 heavy (non-hydrogen) atoms. The SMILES string of the molecule is COc1ccc2c(c1)[C@H]1C[C@@H]2OCCCC[C@@H](N(C)S(=O)(=O)CCC(F)(F)F)C(=O)N[C@@H](Cc2cc(Cl)cc(Cl)c2)[C@H](O)CN1. The lowest BCUT2D eigenvalue weighted by Gasteiger charge is -2.31. The molecule has 0 radical (unpaired) electrons. The molecule has 1 amide bonds. The minimum Gasteiger partial charge on any atom is -0.497 e. The monoisotopic (exact) mass is 695 g/mol. The molecule has 5 atom stereocenters.